The highest BCUT2D eigenvalue weighted by Crippen LogP contribution is 2.22. The topological polar surface area (TPSA) is 50.8 Å². The standard InChI is InChI=1S/C12H10ClN3O/c13-11-3-2-10(9-14)12(8-11)17-7-6-16-5-1-4-15-16/h1-5,8H,6-7H2. The van der Waals surface area contributed by atoms with Crippen LogP contribution in [0.3, 0.4) is 0 Å². The van der Waals surface area contributed by atoms with E-state index in [0.29, 0.717) is 29.5 Å². The van der Waals surface area contributed by atoms with Crippen molar-refractivity contribution in [2.45, 2.75) is 6.54 Å². The molecule has 2 aromatic rings. The fourth-order valence-corrected chi connectivity index (χ4v) is 1.55. The zero-order valence-electron chi connectivity index (χ0n) is 9.01. The molecule has 0 aliphatic rings. The Balaban J connectivity index is 1.99. The molecule has 0 unspecified atom stereocenters. The van der Waals surface area contributed by atoms with Gasteiger partial charge in [-0.2, -0.15) is 10.4 Å². The van der Waals surface area contributed by atoms with Crippen LogP contribution in [0.5, 0.6) is 5.75 Å². The first-order chi connectivity index (χ1) is 8.29. The molecule has 0 bridgehead atoms. The van der Waals surface area contributed by atoms with Crippen LogP contribution in [0.1, 0.15) is 5.56 Å². The average Bonchev–Trinajstić information content (AvgIpc) is 2.82. The number of aromatic nitrogens is 2. The molecule has 0 N–H and O–H groups in total. The lowest BCUT2D eigenvalue weighted by molar-refractivity contribution is 0.290. The van der Waals surface area contributed by atoms with Crippen LogP contribution in [0.4, 0.5) is 0 Å². The molecule has 4 nitrogen and oxygen atoms in total. The molecule has 0 amide bonds. The van der Waals surface area contributed by atoms with Gasteiger partial charge in [0.05, 0.1) is 12.1 Å². The van der Waals surface area contributed by atoms with Crippen LogP contribution < -0.4 is 4.74 Å². The summed E-state index contributed by atoms with van der Waals surface area (Å²) in [4.78, 5) is 0. The predicted molar refractivity (Wildman–Crippen MR) is 63.9 cm³/mol. The summed E-state index contributed by atoms with van der Waals surface area (Å²) < 4.78 is 7.27. The highest BCUT2D eigenvalue weighted by molar-refractivity contribution is 6.30. The molecule has 0 spiro atoms. The Kier molecular flexibility index (Phi) is 3.63. The summed E-state index contributed by atoms with van der Waals surface area (Å²) in [7, 11) is 0. The van der Waals surface area contributed by atoms with Crippen LogP contribution in [-0.2, 0) is 6.54 Å². The summed E-state index contributed by atoms with van der Waals surface area (Å²) in [5.41, 5.74) is 0.481. The third-order valence-corrected chi connectivity index (χ3v) is 2.44. The van der Waals surface area contributed by atoms with E-state index in [4.69, 9.17) is 21.6 Å². The molecule has 0 aliphatic carbocycles. The van der Waals surface area contributed by atoms with E-state index in [0.717, 1.165) is 0 Å². The maximum Gasteiger partial charge on any atom is 0.138 e. The summed E-state index contributed by atoms with van der Waals surface area (Å²) in [5.74, 6) is 0.507. The van der Waals surface area contributed by atoms with Gasteiger partial charge in [-0.1, -0.05) is 11.6 Å². The highest BCUT2D eigenvalue weighted by atomic mass is 35.5. The summed E-state index contributed by atoms with van der Waals surface area (Å²) in [5, 5.41) is 13.5. The number of halogens is 1. The van der Waals surface area contributed by atoms with E-state index in [1.165, 1.54) is 0 Å². The first-order valence-corrected chi connectivity index (χ1v) is 5.47. The van der Waals surface area contributed by atoms with Gasteiger partial charge in [0, 0.05) is 23.5 Å². The first-order valence-electron chi connectivity index (χ1n) is 5.09. The lowest BCUT2D eigenvalue weighted by atomic mass is 10.2. The van der Waals surface area contributed by atoms with Crippen molar-refractivity contribution in [3.05, 3.63) is 47.2 Å². The molecule has 1 aromatic carbocycles. The second-order valence-corrected chi connectivity index (χ2v) is 3.81. The van der Waals surface area contributed by atoms with E-state index in [2.05, 4.69) is 11.2 Å². The Morgan fingerprint density at radius 3 is 3.06 bits per heavy atom. The van der Waals surface area contributed by atoms with Gasteiger partial charge in [0.2, 0.25) is 0 Å². The van der Waals surface area contributed by atoms with E-state index in [1.54, 1.807) is 29.1 Å². The third-order valence-electron chi connectivity index (χ3n) is 2.20. The van der Waals surface area contributed by atoms with E-state index in [-0.39, 0.29) is 0 Å². The Bertz CT molecular complexity index is 531. The molecule has 5 heteroatoms. The second-order valence-electron chi connectivity index (χ2n) is 3.37. The van der Waals surface area contributed by atoms with Gasteiger partial charge in [-0.3, -0.25) is 4.68 Å². The fourth-order valence-electron chi connectivity index (χ4n) is 1.39. The van der Waals surface area contributed by atoms with Crippen LogP contribution in [0.25, 0.3) is 0 Å². The highest BCUT2D eigenvalue weighted by Gasteiger charge is 2.04. The molecule has 0 fully saturated rings. The van der Waals surface area contributed by atoms with Crippen LogP contribution in [0.2, 0.25) is 5.02 Å². The fraction of sp³-hybridized carbons (Fsp3) is 0.167. The van der Waals surface area contributed by atoms with Crippen molar-refractivity contribution < 1.29 is 4.74 Å². The lowest BCUT2D eigenvalue weighted by Gasteiger charge is -2.08. The molecular weight excluding hydrogens is 238 g/mol. The summed E-state index contributed by atoms with van der Waals surface area (Å²) in [6.07, 6.45) is 3.56. The maximum atomic E-state index is 8.90. The number of hydrogen-bond acceptors (Lipinski definition) is 3. The minimum absolute atomic E-state index is 0.441. The molecule has 1 heterocycles. The lowest BCUT2D eigenvalue weighted by Crippen LogP contribution is -2.09. The number of hydrogen-bond donors (Lipinski definition) is 0. The molecule has 86 valence electrons. The smallest absolute Gasteiger partial charge is 0.138 e. The van der Waals surface area contributed by atoms with Crippen molar-refractivity contribution in [1.82, 2.24) is 9.78 Å². The van der Waals surface area contributed by atoms with Crippen LogP contribution in [0, 0.1) is 11.3 Å². The minimum Gasteiger partial charge on any atom is -0.490 e. The monoisotopic (exact) mass is 247 g/mol. The van der Waals surface area contributed by atoms with Crippen molar-refractivity contribution in [2.24, 2.45) is 0 Å². The second kappa shape index (κ2) is 5.37. The van der Waals surface area contributed by atoms with E-state index >= 15 is 0 Å². The van der Waals surface area contributed by atoms with Crippen molar-refractivity contribution >= 4 is 11.6 Å². The Morgan fingerprint density at radius 2 is 2.35 bits per heavy atom. The maximum absolute atomic E-state index is 8.90. The zero-order valence-corrected chi connectivity index (χ0v) is 9.76. The van der Waals surface area contributed by atoms with Crippen LogP contribution in [-0.4, -0.2) is 16.4 Å². The quantitative estimate of drug-likeness (QED) is 0.834. The first kappa shape index (κ1) is 11.5. The Morgan fingerprint density at radius 1 is 1.47 bits per heavy atom. The summed E-state index contributed by atoms with van der Waals surface area (Å²) in [6.45, 7) is 1.07. The van der Waals surface area contributed by atoms with Gasteiger partial charge in [0.15, 0.2) is 0 Å². The molecule has 1 aromatic heterocycles. The van der Waals surface area contributed by atoms with Gasteiger partial charge in [-0.15, -0.1) is 0 Å². The molecule has 0 atom stereocenters. The normalized spacial score (nSPS) is 9.88. The SMILES string of the molecule is N#Cc1ccc(Cl)cc1OCCn1cccn1. The Hall–Kier alpha value is -1.99. The van der Waals surface area contributed by atoms with Gasteiger partial charge in [-0.25, -0.2) is 0 Å². The largest absolute Gasteiger partial charge is 0.490 e. The van der Waals surface area contributed by atoms with E-state index < -0.39 is 0 Å². The molecule has 2 rings (SSSR count). The van der Waals surface area contributed by atoms with Crippen molar-refractivity contribution in [3.63, 3.8) is 0 Å². The molecule has 17 heavy (non-hydrogen) atoms. The Labute approximate surface area is 104 Å². The van der Waals surface area contributed by atoms with Gasteiger partial charge in [0.1, 0.15) is 18.4 Å². The zero-order chi connectivity index (χ0) is 12.1. The molecule has 0 saturated heterocycles. The predicted octanol–water partition coefficient (Wildman–Crippen LogP) is 2.49. The number of nitrogens with zero attached hydrogens (tertiary/aromatic N) is 3. The van der Waals surface area contributed by atoms with Gasteiger partial charge < -0.3 is 4.74 Å². The van der Waals surface area contributed by atoms with Crippen LogP contribution >= 0.6 is 11.6 Å². The molecule has 0 saturated carbocycles. The van der Waals surface area contributed by atoms with E-state index in [9.17, 15) is 0 Å². The number of rotatable bonds is 4. The number of ether oxygens (including phenoxy) is 1. The molecular formula is C12H10ClN3O. The van der Waals surface area contributed by atoms with Gasteiger partial charge >= 0.3 is 0 Å². The van der Waals surface area contributed by atoms with E-state index in [1.807, 2.05) is 12.3 Å². The third kappa shape index (κ3) is 2.99. The minimum atomic E-state index is 0.441. The average molecular weight is 248 g/mol. The number of benzene rings is 1. The van der Waals surface area contributed by atoms with Crippen molar-refractivity contribution in [1.29, 1.82) is 5.26 Å². The molecule has 0 radical (unpaired) electrons. The van der Waals surface area contributed by atoms with Gasteiger partial charge in [0.25, 0.3) is 0 Å². The number of nitriles is 1. The summed E-state index contributed by atoms with van der Waals surface area (Å²) in [6, 6.07) is 8.86. The molecule has 0 aliphatic heterocycles. The van der Waals surface area contributed by atoms with Crippen molar-refractivity contribution in [2.75, 3.05) is 6.61 Å². The van der Waals surface area contributed by atoms with Crippen LogP contribution in [0.15, 0.2) is 36.7 Å². The van der Waals surface area contributed by atoms with Gasteiger partial charge in [-0.05, 0) is 18.2 Å². The van der Waals surface area contributed by atoms with Crippen molar-refractivity contribution in [3.8, 4) is 11.8 Å². The summed E-state index contributed by atoms with van der Waals surface area (Å²) >= 11 is 5.85.